The van der Waals surface area contributed by atoms with Gasteiger partial charge in [-0.1, -0.05) is 19.1 Å². The Hall–Kier alpha value is -2.21. The first-order chi connectivity index (χ1) is 12.6. The summed E-state index contributed by atoms with van der Waals surface area (Å²) in [6.45, 7) is 9.45. The van der Waals surface area contributed by atoms with E-state index < -0.39 is 17.7 Å². The fourth-order valence-corrected chi connectivity index (χ4v) is 4.37. The van der Waals surface area contributed by atoms with Crippen LogP contribution in [0, 0.1) is 17.8 Å². The molecule has 2 aliphatic heterocycles. The number of rotatable bonds is 3. The fraction of sp³-hybridized carbons (Fsp3) is 0.571. The molecule has 6 nitrogen and oxygen atoms in total. The van der Waals surface area contributed by atoms with Gasteiger partial charge in [0.15, 0.2) is 11.7 Å². The normalized spacial score (nSPS) is 32.0. The number of nitrogens with zero attached hydrogens (tertiary/aromatic N) is 2. The molecule has 1 aromatic carbocycles. The van der Waals surface area contributed by atoms with Crippen molar-refractivity contribution in [3.8, 4) is 0 Å². The Balaban J connectivity index is 1.87. The molecule has 0 spiro atoms. The van der Waals surface area contributed by atoms with Gasteiger partial charge in [-0.25, -0.2) is 0 Å². The van der Waals surface area contributed by atoms with E-state index in [4.69, 9.17) is 0 Å². The summed E-state index contributed by atoms with van der Waals surface area (Å²) in [7, 11) is 2.15. The monoisotopic (exact) mass is 371 g/mol. The summed E-state index contributed by atoms with van der Waals surface area (Å²) in [5.74, 6) is -1.83. The van der Waals surface area contributed by atoms with Gasteiger partial charge in [0.1, 0.15) is 5.84 Å². The molecule has 0 bridgehead atoms. The predicted molar refractivity (Wildman–Crippen MR) is 106 cm³/mol. The largest absolute Gasteiger partial charge is 0.480 e. The van der Waals surface area contributed by atoms with Gasteiger partial charge in [-0.15, -0.1) is 0 Å². The highest BCUT2D eigenvalue weighted by molar-refractivity contribution is 6.30. The average Bonchev–Trinajstić information content (AvgIpc) is 2.62. The lowest BCUT2D eigenvalue weighted by molar-refractivity contribution is -0.138. The van der Waals surface area contributed by atoms with Crippen molar-refractivity contribution in [1.29, 1.82) is 0 Å². The zero-order chi connectivity index (χ0) is 19.9. The second kappa shape index (κ2) is 7.08. The minimum Gasteiger partial charge on any atom is -0.480 e. The van der Waals surface area contributed by atoms with Gasteiger partial charge in [-0.3, -0.25) is 19.5 Å². The number of anilines is 1. The van der Waals surface area contributed by atoms with Gasteiger partial charge in [0.2, 0.25) is 0 Å². The van der Waals surface area contributed by atoms with Crippen LogP contribution in [0.4, 0.5) is 5.69 Å². The van der Waals surface area contributed by atoms with Crippen molar-refractivity contribution in [2.24, 2.45) is 22.7 Å². The molecule has 2 aliphatic rings. The van der Waals surface area contributed by atoms with Crippen LogP contribution in [0.3, 0.4) is 0 Å². The van der Waals surface area contributed by atoms with Gasteiger partial charge in [0, 0.05) is 23.7 Å². The van der Waals surface area contributed by atoms with Crippen molar-refractivity contribution in [2.75, 3.05) is 18.9 Å². The van der Waals surface area contributed by atoms with Crippen LogP contribution in [-0.4, -0.2) is 52.8 Å². The number of piperidine rings is 1. The van der Waals surface area contributed by atoms with E-state index in [1.54, 1.807) is 18.2 Å². The second-order valence-corrected chi connectivity index (χ2v) is 8.43. The topological polar surface area (TPSA) is 82.0 Å². The lowest BCUT2D eigenvalue weighted by Gasteiger charge is -2.52. The van der Waals surface area contributed by atoms with Crippen LogP contribution in [0.1, 0.15) is 44.5 Å². The number of amidine groups is 1. The molecule has 0 radical (unpaired) electrons. The first-order valence-electron chi connectivity index (χ1n) is 9.55. The Kier molecular flexibility index (Phi) is 5.12. The number of hydrogen-bond acceptors (Lipinski definition) is 4. The summed E-state index contributed by atoms with van der Waals surface area (Å²) in [6, 6.07) is 7.42. The summed E-state index contributed by atoms with van der Waals surface area (Å²) in [6.07, 6.45) is 1.00. The van der Waals surface area contributed by atoms with E-state index in [0.29, 0.717) is 35.7 Å². The maximum atomic E-state index is 12.7. The van der Waals surface area contributed by atoms with Crippen molar-refractivity contribution in [2.45, 2.75) is 45.7 Å². The maximum absolute atomic E-state index is 12.7. The molecule has 0 aromatic heterocycles. The summed E-state index contributed by atoms with van der Waals surface area (Å²) >= 11 is 0. The Bertz CT molecular complexity index is 787. The van der Waals surface area contributed by atoms with E-state index in [1.165, 1.54) is 0 Å². The molecule has 146 valence electrons. The molecule has 3 rings (SSSR count). The molecule has 1 fully saturated rings. The van der Waals surface area contributed by atoms with E-state index >= 15 is 0 Å². The number of hydrogen-bond donors (Lipinski definition) is 2. The molecule has 1 saturated heterocycles. The standard InChI is InChI=1S/C21H29N3O3/c1-12-10-14(13(2)21(3,4)24(12)5)11-22-19-17(20(26)27)18(25)15-8-6-7-9-16(15)23-19/h6-9,12-14,17H,10-11H2,1-5H3,(H,22,23)(H,26,27). The minimum absolute atomic E-state index is 0.0388. The number of aliphatic imine (C=N–C) groups is 1. The molecule has 4 unspecified atom stereocenters. The van der Waals surface area contributed by atoms with E-state index in [2.05, 4.69) is 50.0 Å². The number of ketones is 1. The second-order valence-electron chi connectivity index (χ2n) is 8.43. The smallest absolute Gasteiger partial charge is 0.322 e. The number of likely N-dealkylation sites (tertiary alicyclic amines) is 1. The van der Waals surface area contributed by atoms with Crippen LogP contribution in [0.15, 0.2) is 29.3 Å². The van der Waals surface area contributed by atoms with E-state index in [9.17, 15) is 14.7 Å². The molecule has 0 aliphatic carbocycles. The number of Topliss-reactive ketones (excluding diaryl/α,β-unsaturated/α-hetero) is 1. The van der Waals surface area contributed by atoms with E-state index in [1.807, 2.05) is 6.07 Å². The minimum atomic E-state index is -1.26. The summed E-state index contributed by atoms with van der Waals surface area (Å²) in [4.78, 5) is 31.4. The van der Waals surface area contributed by atoms with Crippen LogP contribution in [-0.2, 0) is 4.79 Å². The lowest BCUT2D eigenvalue weighted by Crippen LogP contribution is -2.57. The third-order valence-electron chi connectivity index (χ3n) is 6.77. The molecular formula is C21H29N3O3. The van der Waals surface area contributed by atoms with Crippen molar-refractivity contribution in [1.82, 2.24) is 4.90 Å². The van der Waals surface area contributed by atoms with Crippen LogP contribution >= 0.6 is 0 Å². The number of carbonyl (C=O) groups excluding carboxylic acids is 1. The molecular weight excluding hydrogens is 342 g/mol. The third kappa shape index (κ3) is 3.38. The number of carbonyl (C=O) groups is 2. The molecule has 27 heavy (non-hydrogen) atoms. The number of carboxylic acids is 1. The number of nitrogens with one attached hydrogen (secondary N) is 1. The quantitative estimate of drug-likeness (QED) is 0.798. The fourth-order valence-electron chi connectivity index (χ4n) is 4.37. The van der Waals surface area contributed by atoms with Crippen molar-refractivity contribution < 1.29 is 14.7 Å². The molecule has 0 saturated carbocycles. The van der Waals surface area contributed by atoms with Gasteiger partial charge < -0.3 is 10.4 Å². The zero-order valence-corrected chi connectivity index (χ0v) is 16.7. The average molecular weight is 371 g/mol. The molecule has 6 heteroatoms. The van der Waals surface area contributed by atoms with Gasteiger partial charge in [0.05, 0.1) is 5.69 Å². The highest BCUT2D eigenvalue weighted by Gasteiger charge is 2.43. The van der Waals surface area contributed by atoms with Crippen molar-refractivity contribution in [3.05, 3.63) is 29.8 Å². The zero-order valence-electron chi connectivity index (χ0n) is 16.7. The van der Waals surface area contributed by atoms with Crippen molar-refractivity contribution in [3.63, 3.8) is 0 Å². The number of para-hydroxylation sites is 1. The Labute approximate surface area is 160 Å². The van der Waals surface area contributed by atoms with Gasteiger partial charge in [0.25, 0.3) is 0 Å². The summed E-state index contributed by atoms with van der Waals surface area (Å²) in [5.41, 5.74) is 1.08. The highest BCUT2D eigenvalue weighted by atomic mass is 16.4. The molecule has 2 heterocycles. The summed E-state index contributed by atoms with van der Waals surface area (Å²) < 4.78 is 0. The Morgan fingerprint density at radius 1 is 1.33 bits per heavy atom. The molecule has 1 aromatic rings. The lowest BCUT2D eigenvalue weighted by atomic mass is 9.71. The van der Waals surface area contributed by atoms with Crippen LogP contribution in [0.5, 0.6) is 0 Å². The number of benzene rings is 1. The molecule has 0 amide bonds. The Morgan fingerprint density at radius 2 is 2.00 bits per heavy atom. The van der Waals surface area contributed by atoms with Gasteiger partial charge in [-0.2, -0.15) is 0 Å². The SMILES string of the molecule is CC1CC(CN=C2Nc3ccccc3C(=O)C2C(=O)O)C(C)C(C)(C)N1C. The first kappa shape index (κ1) is 19.5. The number of carboxylic acid groups (broad SMARTS) is 1. The maximum Gasteiger partial charge on any atom is 0.322 e. The highest BCUT2D eigenvalue weighted by Crippen LogP contribution is 2.39. The van der Waals surface area contributed by atoms with E-state index in [-0.39, 0.29) is 11.4 Å². The Morgan fingerprint density at radius 3 is 2.67 bits per heavy atom. The van der Waals surface area contributed by atoms with Gasteiger partial charge in [-0.05, 0) is 58.2 Å². The molecule has 2 N–H and O–H groups in total. The first-order valence-corrected chi connectivity index (χ1v) is 9.55. The number of fused-ring (bicyclic) bond motifs is 1. The third-order valence-corrected chi connectivity index (χ3v) is 6.77. The van der Waals surface area contributed by atoms with Gasteiger partial charge >= 0.3 is 5.97 Å². The number of aliphatic carboxylic acids is 1. The molecule has 4 atom stereocenters. The summed E-state index contributed by atoms with van der Waals surface area (Å²) in [5, 5.41) is 12.7. The van der Waals surface area contributed by atoms with E-state index in [0.717, 1.165) is 6.42 Å². The van der Waals surface area contributed by atoms with Crippen molar-refractivity contribution >= 4 is 23.3 Å². The van der Waals surface area contributed by atoms with Crippen LogP contribution in [0.2, 0.25) is 0 Å². The predicted octanol–water partition coefficient (Wildman–Crippen LogP) is 3.15. The van der Waals surface area contributed by atoms with Crippen LogP contribution in [0.25, 0.3) is 0 Å². The van der Waals surface area contributed by atoms with Crippen LogP contribution < -0.4 is 5.32 Å².